The Balaban J connectivity index is 1.73. The third-order valence-corrected chi connectivity index (χ3v) is 4.94. The zero-order chi connectivity index (χ0) is 21.6. The number of aromatic nitrogens is 2. The van der Waals surface area contributed by atoms with E-state index in [1.165, 1.54) is 0 Å². The molecule has 1 saturated heterocycles. The number of hydrogen-bond acceptors (Lipinski definition) is 7. The number of anilines is 2. The zero-order valence-corrected chi connectivity index (χ0v) is 17.1. The van der Waals surface area contributed by atoms with E-state index in [-0.39, 0.29) is 11.7 Å². The number of carboxylic acid groups (broad SMARTS) is 1. The lowest BCUT2D eigenvalue weighted by Gasteiger charge is -2.25. The molecule has 8 heteroatoms. The van der Waals surface area contributed by atoms with Gasteiger partial charge in [-0.3, -0.25) is 4.98 Å². The van der Waals surface area contributed by atoms with Gasteiger partial charge in [-0.1, -0.05) is 12.1 Å². The lowest BCUT2D eigenvalue weighted by molar-refractivity contribution is 0.0697. The number of methoxy groups -OCH3 is 1. The van der Waals surface area contributed by atoms with Gasteiger partial charge in [-0.2, -0.15) is 4.98 Å². The molecule has 3 aromatic rings. The van der Waals surface area contributed by atoms with Crippen molar-refractivity contribution in [1.82, 2.24) is 9.97 Å². The predicted octanol–water partition coefficient (Wildman–Crippen LogP) is 3.69. The molecule has 1 unspecified atom stereocenters. The van der Waals surface area contributed by atoms with Crippen molar-refractivity contribution in [3.63, 3.8) is 0 Å². The highest BCUT2D eigenvalue weighted by molar-refractivity contribution is 5.89. The molecule has 3 heterocycles. The van der Waals surface area contributed by atoms with Crippen molar-refractivity contribution < 1.29 is 24.1 Å². The molecule has 1 fully saturated rings. The number of pyridine rings is 2. The minimum absolute atomic E-state index is 0.0845. The van der Waals surface area contributed by atoms with Crippen LogP contribution in [0.5, 0.6) is 11.6 Å². The number of hydrogen-bond donors (Lipinski definition) is 1. The second kappa shape index (κ2) is 9.44. The summed E-state index contributed by atoms with van der Waals surface area (Å²) < 4.78 is 16.9. The van der Waals surface area contributed by atoms with Crippen molar-refractivity contribution in [2.75, 3.05) is 25.2 Å². The largest absolute Gasteiger partial charge is 0.491 e. The maximum Gasteiger partial charge on any atom is 0.335 e. The fraction of sp³-hybridized carbons (Fsp3) is 0.261. The molecule has 160 valence electrons. The van der Waals surface area contributed by atoms with Gasteiger partial charge >= 0.3 is 5.97 Å². The summed E-state index contributed by atoms with van der Waals surface area (Å²) in [6, 6.07) is 14.2. The minimum atomic E-state index is -0.990. The van der Waals surface area contributed by atoms with Crippen LogP contribution in [0.15, 0.2) is 60.9 Å². The first-order valence-corrected chi connectivity index (χ1v) is 9.93. The van der Waals surface area contributed by atoms with Crippen molar-refractivity contribution in [2.45, 2.75) is 19.1 Å². The van der Waals surface area contributed by atoms with Gasteiger partial charge in [0.05, 0.1) is 32.4 Å². The second-order valence-electron chi connectivity index (χ2n) is 7.08. The van der Waals surface area contributed by atoms with Gasteiger partial charge in [0.25, 0.3) is 5.88 Å². The Bertz CT molecular complexity index is 1040. The number of nitrogens with zero attached hydrogens (tertiary/aromatic N) is 3. The number of rotatable bonds is 8. The zero-order valence-electron chi connectivity index (χ0n) is 17.1. The Morgan fingerprint density at radius 3 is 2.87 bits per heavy atom. The van der Waals surface area contributed by atoms with Crippen LogP contribution in [0.25, 0.3) is 0 Å². The first kappa shape index (κ1) is 20.6. The minimum Gasteiger partial charge on any atom is -0.491 e. The van der Waals surface area contributed by atoms with Crippen LogP contribution in [0.3, 0.4) is 0 Å². The number of aromatic carboxylic acids is 1. The average molecular weight is 421 g/mol. The smallest absolute Gasteiger partial charge is 0.335 e. The molecular formula is C23H23N3O5. The second-order valence-corrected chi connectivity index (χ2v) is 7.08. The lowest BCUT2D eigenvalue weighted by Crippen LogP contribution is -2.20. The molecule has 1 atom stereocenters. The lowest BCUT2D eigenvalue weighted by atomic mass is 10.1. The Kier molecular flexibility index (Phi) is 6.28. The first-order chi connectivity index (χ1) is 15.1. The molecule has 0 bridgehead atoms. The fourth-order valence-corrected chi connectivity index (χ4v) is 3.36. The summed E-state index contributed by atoms with van der Waals surface area (Å²) in [5, 5.41) is 9.43. The molecule has 2 aromatic heterocycles. The molecule has 0 spiro atoms. The Labute approximate surface area is 180 Å². The summed E-state index contributed by atoms with van der Waals surface area (Å²) in [7, 11) is 1.57. The van der Waals surface area contributed by atoms with Gasteiger partial charge in [-0.15, -0.1) is 0 Å². The summed E-state index contributed by atoms with van der Waals surface area (Å²) in [4.78, 5) is 22.3. The van der Waals surface area contributed by atoms with Crippen LogP contribution in [0, 0.1) is 0 Å². The quantitative estimate of drug-likeness (QED) is 0.589. The van der Waals surface area contributed by atoms with Gasteiger partial charge < -0.3 is 24.2 Å². The van der Waals surface area contributed by atoms with Crippen LogP contribution in [0.4, 0.5) is 11.5 Å². The van der Waals surface area contributed by atoms with E-state index in [9.17, 15) is 9.90 Å². The summed E-state index contributed by atoms with van der Waals surface area (Å²) in [6.07, 6.45) is 4.18. The van der Waals surface area contributed by atoms with E-state index < -0.39 is 5.97 Å². The fourth-order valence-electron chi connectivity index (χ4n) is 3.36. The van der Waals surface area contributed by atoms with Crippen molar-refractivity contribution in [3.8, 4) is 11.6 Å². The average Bonchev–Trinajstić information content (AvgIpc) is 3.31. The van der Waals surface area contributed by atoms with Gasteiger partial charge in [0, 0.05) is 24.5 Å². The van der Waals surface area contributed by atoms with Crippen molar-refractivity contribution in [1.29, 1.82) is 0 Å². The van der Waals surface area contributed by atoms with Crippen LogP contribution in [-0.2, 0) is 11.3 Å². The summed E-state index contributed by atoms with van der Waals surface area (Å²) in [5.41, 5.74) is 1.84. The Morgan fingerprint density at radius 2 is 2.16 bits per heavy atom. The van der Waals surface area contributed by atoms with Crippen LogP contribution in [0.2, 0.25) is 0 Å². The van der Waals surface area contributed by atoms with E-state index in [0.29, 0.717) is 42.9 Å². The normalized spacial score (nSPS) is 15.5. The number of ether oxygens (including phenoxy) is 3. The molecular weight excluding hydrogens is 398 g/mol. The third-order valence-electron chi connectivity index (χ3n) is 4.94. The summed E-state index contributed by atoms with van der Waals surface area (Å²) in [5.74, 6) is 0.509. The van der Waals surface area contributed by atoms with Crippen LogP contribution < -0.4 is 14.4 Å². The van der Waals surface area contributed by atoms with E-state index >= 15 is 0 Å². The molecule has 4 rings (SSSR count). The molecule has 8 nitrogen and oxygen atoms in total. The van der Waals surface area contributed by atoms with Crippen molar-refractivity contribution >= 4 is 17.5 Å². The maximum absolute atomic E-state index is 11.5. The van der Waals surface area contributed by atoms with Crippen molar-refractivity contribution in [2.24, 2.45) is 0 Å². The standard InChI is InChI=1S/C23H23N3O5/c1-29-20-7-8-21(25-22(20)31-19-9-11-30-15-19)26(14-16-4-3-10-24-13-16)18-6-2-5-17(12-18)23(27)28/h2-8,10,12-13,19H,9,11,14-15H2,1H3,(H,27,28). The first-order valence-electron chi connectivity index (χ1n) is 9.93. The molecule has 0 radical (unpaired) electrons. The van der Waals surface area contributed by atoms with E-state index in [1.54, 1.807) is 43.8 Å². The highest BCUT2D eigenvalue weighted by atomic mass is 16.6. The molecule has 1 aliphatic rings. The van der Waals surface area contributed by atoms with E-state index in [1.807, 2.05) is 29.2 Å². The highest BCUT2D eigenvalue weighted by Crippen LogP contribution is 2.33. The monoisotopic (exact) mass is 421 g/mol. The molecule has 0 saturated carbocycles. The van der Waals surface area contributed by atoms with Crippen LogP contribution in [0.1, 0.15) is 22.3 Å². The summed E-state index contributed by atoms with van der Waals surface area (Å²) >= 11 is 0. The molecule has 0 amide bonds. The van der Waals surface area contributed by atoms with Gasteiger partial charge in [-0.25, -0.2) is 4.79 Å². The molecule has 1 N–H and O–H groups in total. The molecule has 1 aliphatic heterocycles. The number of benzene rings is 1. The third kappa shape index (κ3) is 4.92. The number of carbonyl (C=O) groups is 1. The molecule has 0 aliphatic carbocycles. The van der Waals surface area contributed by atoms with E-state index in [2.05, 4.69) is 4.98 Å². The Hall–Kier alpha value is -3.65. The van der Waals surface area contributed by atoms with Crippen molar-refractivity contribution in [3.05, 3.63) is 72.1 Å². The van der Waals surface area contributed by atoms with Gasteiger partial charge in [0.15, 0.2) is 5.75 Å². The summed E-state index contributed by atoms with van der Waals surface area (Å²) in [6.45, 7) is 1.61. The van der Waals surface area contributed by atoms with Crippen LogP contribution in [-0.4, -0.2) is 47.5 Å². The maximum atomic E-state index is 11.5. The SMILES string of the molecule is COc1ccc(N(Cc2cccnc2)c2cccc(C(=O)O)c2)nc1OC1CCOC1. The van der Waals surface area contributed by atoms with Gasteiger partial charge in [-0.05, 0) is 42.0 Å². The topological polar surface area (TPSA) is 94.0 Å². The van der Waals surface area contributed by atoms with Gasteiger partial charge in [0.2, 0.25) is 0 Å². The molecule has 1 aromatic carbocycles. The van der Waals surface area contributed by atoms with Crippen LogP contribution >= 0.6 is 0 Å². The Morgan fingerprint density at radius 1 is 1.26 bits per heavy atom. The highest BCUT2D eigenvalue weighted by Gasteiger charge is 2.22. The van der Waals surface area contributed by atoms with Gasteiger partial charge in [0.1, 0.15) is 11.9 Å². The van der Waals surface area contributed by atoms with E-state index in [4.69, 9.17) is 19.2 Å². The number of carboxylic acids is 1. The van der Waals surface area contributed by atoms with E-state index in [0.717, 1.165) is 12.0 Å². The predicted molar refractivity (Wildman–Crippen MR) is 114 cm³/mol. The molecule has 31 heavy (non-hydrogen) atoms.